The molecule has 6 nitrogen and oxygen atoms in total. The molecule has 144 valence electrons. The van der Waals surface area contributed by atoms with Crippen molar-refractivity contribution in [3.05, 3.63) is 76.8 Å². The molecule has 3 heterocycles. The Labute approximate surface area is 175 Å². The first-order chi connectivity index (χ1) is 14.1. The van der Waals surface area contributed by atoms with E-state index in [9.17, 15) is 14.4 Å². The number of allylic oxidation sites excluding steroid dienone is 1. The molecule has 4 atom stereocenters. The lowest BCUT2D eigenvalue weighted by Crippen LogP contribution is -2.46. The molecule has 2 amide bonds. The third-order valence-electron chi connectivity index (χ3n) is 5.68. The fourth-order valence-electron chi connectivity index (χ4n) is 4.48. The van der Waals surface area contributed by atoms with Gasteiger partial charge < -0.3 is 0 Å². The summed E-state index contributed by atoms with van der Waals surface area (Å²) < 4.78 is 0.772. The summed E-state index contributed by atoms with van der Waals surface area (Å²) in [5.41, 5.74) is 1.01. The second-order valence-electron chi connectivity index (χ2n) is 7.24. The molecule has 0 radical (unpaired) electrons. The minimum absolute atomic E-state index is 0.201. The van der Waals surface area contributed by atoms with Crippen LogP contribution in [0.4, 0.5) is 5.69 Å². The van der Waals surface area contributed by atoms with Gasteiger partial charge in [0.1, 0.15) is 6.04 Å². The topological polar surface area (TPSA) is 70.0 Å². The second-order valence-corrected chi connectivity index (χ2v) is 8.15. The lowest BCUT2D eigenvalue weighted by molar-refractivity contribution is -0.123. The molecule has 3 aliphatic heterocycles. The minimum Gasteiger partial charge on any atom is -0.292 e. The Kier molecular flexibility index (Phi) is 4.20. The molecule has 3 aliphatic rings. The van der Waals surface area contributed by atoms with Crippen LogP contribution in [0.3, 0.4) is 0 Å². The average Bonchev–Trinajstić information content (AvgIpc) is 3.21. The van der Waals surface area contributed by atoms with Gasteiger partial charge in [-0.1, -0.05) is 58.4 Å². The van der Waals surface area contributed by atoms with Crippen LogP contribution < -0.4 is 4.90 Å². The predicted octanol–water partition coefficient (Wildman–Crippen LogP) is 3.05. The molecule has 0 aromatic heterocycles. The van der Waals surface area contributed by atoms with Crippen molar-refractivity contribution in [1.29, 1.82) is 0 Å². The molecule has 2 aromatic rings. The molecule has 0 spiro atoms. The van der Waals surface area contributed by atoms with E-state index in [2.05, 4.69) is 21.0 Å². The van der Waals surface area contributed by atoms with Gasteiger partial charge in [0.25, 0.3) is 0 Å². The quantitative estimate of drug-likeness (QED) is 0.533. The van der Waals surface area contributed by atoms with Gasteiger partial charge in [-0.2, -0.15) is 5.10 Å². The first kappa shape index (κ1) is 18.0. The molecule has 7 heteroatoms. The van der Waals surface area contributed by atoms with E-state index in [0.29, 0.717) is 11.3 Å². The molecule has 29 heavy (non-hydrogen) atoms. The van der Waals surface area contributed by atoms with E-state index in [1.807, 2.05) is 18.2 Å². The lowest BCUT2D eigenvalue weighted by atomic mass is 9.86. The van der Waals surface area contributed by atoms with Crippen LogP contribution in [0, 0.1) is 11.8 Å². The van der Waals surface area contributed by atoms with Gasteiger partial charge in [0.2, 0.25) is 11.8 Å². The van der Waals surface area contributed by atoms with Crippen molar-refractivity contribution in [2.45, 2.75) is 12.1 Å². The number of carbonyl (C=O) groups excluding carboxylic acids is 3. The summed E-state index contributed by atoms with van der Waals surface area (Å²) in [5, 5.41) is 5.98. The number of hydrogen-bond donors (Lipinski definition) is 0. The lowest BCUT2D eigenvalue weighted by Gasteiger charge is -2.30. The van der Waals surface area contributed by atoms with Crippen molar-refractivity contribution in [3.63, 3.8) is 0 Å². The van der Waals surface area contributed by atoms with Gasteiger partial charge >= 0.3 is 0 Å². The number of halogens is 1. The molecular weight excluding hydrogens is 434 g/mol. The van der Waals surface area contributed by atoms with E-state index < -0.39 is 23.9 Å². The number of benzene rings is 2. The summed E-state index contributed by atoms with van der Waals surface area (Å²) in [6.07, 6.45) is 5.19. The van der Waals surface area contributed by atoms with Crippen LogP contribution in [0.5, 0.6) is 0 Å². The second kappa shape index (κ2) is 6.77. The maximum absolute atomic E-state index is 13.4. The first-order valence-corrected chi connectivity index (χ1v) is 10.1. The number of fused-ring (bicyclic) bond motifs is 3. The normalized spacial score (nSPS) is 27.3. The van der Waals surface area contributed by atoms with Crippen LogP contribution in [0.2, 0.25) is 0 Å². The standard InChI is InChI=1S/C22H16BrN3O3/c23-14-8-4-9-15(12-14)25-21(28)17-16-10-5-11-24-26(16)19(18(17)22(25)29)20(27)13-6-2-1-3-7-13/h1-12,16-19H. The van der Waals surface area contributed by atoms with Crippen molar-refractivity contribution >= 4 is 45.4 Å². The molecular formula is C22H16BrN3O3. The fourth-order valence-corrected chi connectivity index (χ4v) is 4.87. The molecule has 0 bridgehead atoms. The highest BCUT2D eigenvalue weighted by molar-refractivity contribution is 9.10. The third-order valence-corrected chi connectivity index (χ3v) is 6.18. The highest BCUT2D eigenvalue weighted by Crippen LogP contribution is 2.46. The number of carbonyl (C=O) groups is 3. The predicted molar refractivity (Wildman–Crippen MR) is 111 cm³/mol. The number of imide groups is 1. The number of ketones is 1. The number of Topliss-reactive ketones (excluding diaryl/α,β-unsaturated/α-hetero) is 1. The minimum atomic E-state index is -0.817. The van der Waals surface area contributed by atoms with Crippen molar-refractivity contribution in [2.24, 2.45) is 16.9 Å². The van der Waals surface area contributed by atoms with Gasteiger partial charge in [0.15, 0.2) is 5.78 Å². The number of anilines is 1. The van der Waals surface area contributed by atoms with Gasteiger partial charge in [-0.3, -0.25) is 19.4 Å². The summed E-state index contributed by atoms with van der Waals surface area (Å²) in [7, 11) is 0. The van der Waals surface area contributed by atoms with E-state index >= 15 is 0 Å². The highest BCUT2D eigenvalue weighted by Gasteiger charge is 2.64. The van der Waals surface area contributed by atoms with E-state index in [-0.39, 0.29) is 17.6 Å². The first-order valence-electron chi connectivity index (χ1n) is 9.29. The molecule has 2 fully saturated rings. The van der Waals surface area contributed by atoms with Gasteiger partial charge in [-0.15, -0.1) is 0 Å². The largest absolute Gasteiger partial charge is 0.292 e. The zero-order valence-electron chi connectivity index (χ0n) is 15.2. The van der Waals surface area contributed by atoms with Gasteiger partial charge in [-0.05, 0) is 24.3 Å². The third kappa shape index (κ3) is 2.68. The Morgan fingerprint density at radius 2 is 1.72 bits per heavy atom. The molecule has 2 saturated heterocycles. The highest BCUT2D eigenvalue weighted by atomic mass is 79.9. The zero-order chi connectivity index (χ0) is 20.1. The molecule has 0 saturated carbocycles. The average molecular weight is 450 g/mol. The summed E-state index contributed by atoms with van der Waals surface area (Å²) in [4.78, 5) is 41.4. The summed E-state index contributed by atoms with van der Waals surface area (Å²) in [6, 6.07) is 14.7. The molecule has 0 aliphatic carbocycles. The number of rotatable bonds is 3. The number of amides is 2. The summed E-state index contributed by atoms with van der Waals surface area (Å²) >= 11 is 3.39. The van der Waals surface area contributed by atoms with Gasteiger partial charge in [-0.25, -0.2) is 4.90 Å². The van der Waals surface area contributed by atoms with Crippen molar-refractivity contribution < 1.29 is 14.4 Å². The Morgan fingerprint density at radius 1 is 0.966 bits per heavy atom. The van der Waals surface area contributed by atoms with Crippen molar-refractivity contribution in [3.8, 4) is 0 Å². The Bertz CT molecular complexity index is 1080. The van der Waals surface area contributed by atoms with Crippen molar-refractivity contribution in [1.82, 2.24) is 5.01 Å². The van der Waals surface area contributed by atoms with Crippen molar-refractivity contribution in [2.75, 3.05) is 4.90 Å². The Balaban J connectivity index is 1.59. The smallest absolute Gasteiger partial charge is 0.240 e. The van der Waals surface area contributed by atoms with Crippen LogP contribution in [-0.2, 0) is 9.59 Å². The van der Waals surface area contributed by atoms with E-state index in [1.165, 1.54) is 4.90 Å². The summed E-state index contributed by atoms with van der Waals surface area (Å²) in [5.74, 6) is -2.27. The number of hydrogen-bond acceptors (Lipinski definition) is 5. The SMILES string of the molecule is O=C(c1ccccc1)C1C2C(=O)N(c3cccc(Br)c3)C(=O)C2C2C=CC=NN21. The van der Waals surface area contributed by atoms with E-state index in [1.54, 1.807) is 59.8 Å². The van der Waals surface area contributed by atoms with E-state index in [0.717, 1.165) is 4.47 Å². The van der Waals surface area contributed by atoms with Crippen LogP contribution >= 0.6 is 15.9 Å². The summed E-state index contributed by atoms with van der Waals surface area (Å²) in [6.45, 7) is 0. The monoisotopic (exact) mass is 449 g/mol. The van der Waals surface area contributed by atoms with E-state index in [4.69, 9.17) is 0 Å². The van der Waals surface area contributed by atoms with Crippen LogP contribution in [0.15, 0.2) is 76.3 Å². The molecule has 4 unspecified atom stereocenters. The maximum Gasteiger partial charge on any atom is 0.240 e. The van der Waals surface area contributed by atoms with Crippen LogP contribution in [0.25, 0.3) is 0 Å². The Hall–Kier alpha value is -3.06. The van der Waals surface area contributed by atoms with Gasteiger partial charge in [0, 0.05) is 16.3 Å². The fraction of sp³-hybridized carbons (Fsp3) is 0.182. The zero-order valence-corrected chi connectivity index (χ0v) is 16.8. The molecule has 5 rings (SSSR count). The maximum atomic E-state index is 13.4. The molecule has 2 aromatic carbocycles. The van der Waals surface area contributed by atoms with Gasteiger partial charge in [0.05, 0.1) is 23.6 Å². The van der Waals surface area contributed by atoms with Crippen LogP contribution in [0.1, 0.15) is 10.4 Å². The van der Waals surface area contributed by atoms with Crippen LogP contribution in [-0.4, -0.2) is 40.9 Å². The number of nitrogens with zero attached hydrogens (tertiary/aromatic N) is 3. The number of hydrazone groups is 1. The molecule has 0 N–H and O–H groups in total. The Morgan fingerprint density at radius 3 is 2.48 bits per heavy atom.